The molecule has 1 unspecified atom stereocenters. The summed E-state index contributed by atoms with van der Waals surface area (Å²) in [4.78, 5) is 11.1. The molecule has 1 atom stereocenters. The van der Waals surface area contributed by atoms with Crippen LogP contribution in [0.5, 0.6) is 0 Å². The minimum Gasteiger partial charge on any atom is -0.465 e. The Kier molecular flexibility index (Phi) is 8.30. The van der Waals surface area contributed by atoms with Crippen molar-refractivity contribution in [1.82, 2.24) is 0 Å². The first-order valence-corrected chi connectivity index (χ1v) is 5.91. The number of unbranched alkanes of at least 4 members (excludes halogenated alkanes) is 1. The minimum absolute atomic E-state index is 0.00334. The topological polar surface area (TPSA) is 26.3 Å². The molecular weight excluding hydrogens is 184 g/mol. The second-order valence-corrected chi connectivity index (χ2v) is 4.15. The Morgan fingerprint density at radius 2 is 2.31 bits per heavy atom. The Labute approximate surface area is 85.4 Å². The average Bonchev–Trinajstić information content (AvgIpc) is 2.12. The third-order valence-electron chi connectivity index (χ3n) is 1.66. The van der Waals surface area contributed by atoms with Gasteiger partial charge in [0.05, 0.1) is 12.5 Å². The van der Waals surface area contributed by atoms with E-state index in [-0.39, 0.29) is 18.5 Å². The summed E-state index contributed by atoms with van der Waals surface area (Å²) in [6.07, 6.45) is 2.44. The Bertz CT molecular complexity index is 137. The number of rotatable bonds is 7. The van der Waals surface area contributed by atoms with E-state index in [0.717, 1.165) is 11.5 Å². The number of esters is 1. The zero-order valence-electron chi connectivity index (χ0n) is 8.54. The number of ether oxygens (including phenoxy) is 1. The molecule has 0 amide bonds. The van der Waals surface area contributed by atoms with E-state index in [0.29, 0.717) is 0 Å². The summed E-state index contributed by atoms with van der Waals surface area (Å²) in [5, 5.41) is 0. The lowest BCUT2D eigenvalue weighted by molar-refractivity contribution is -0.145. The Morgan fingerprint density at radius 3 is 2.85 bits per heavy atom. The van der Waals surface area contributed by atoms with Crippen molar-refractivity contribution in [2.45, 2.75) is 26.7 Å². The van der Waals surface area contributed by atoms with Crippen molar-refractivity contribution < 1.29 is 9.53 Å². The molecule has 2 nitrogen and oxygen atoms in total. The standard InChI is InChI=1S/C10H19O2S/c1-4-6-7-13-8-9(3)10(11)12-5-2/h9H,2,4-8H2,1,3H3. The number of hydrogen-bond acceptors (Lipinski definition) is 3. The van der Waals surface area contributed by atoms with Gasteiger partial charge >= 0.3 is 5.97 Å². The maximum absolute atomic E-state index is 11.1. The smallest absolute Gasteiger partial charge is 0.309 e. The summed E-state index contributed by atoms with van der Waals surface area (Å²) in [6.45, 7) is 7.77. The first kappa shape index (κ1) is 12.8. The molecule has 3 heteroatoms. The van der Waals surface area contributed by atoms with E-state index in [1.54, 1.807) is 0 Å². The first-order chi connectivity index (χ1) is 6.22. The fourth-order valence-corrected chi connectivity index (χ4v) is 1.97. The summed E-state index contributed by atoms with van der Waals surface area (Å²) < 4.78 is 4.80. The van der Waals surface area contributed by atoms with Crippen LogP contribution in [0.1, 0.15) is 26.7 Å². The van der Waals surface area contributed by atoms with Crippen LogP contribution in [0.2, 0.25) is 0 Å². The number of carbonyl (C=O) groups excluding carboxylic acids is 1. The third kappa shape index (κ3) is 6.94. The zero-order chi connectivity index (χ0) is 10.1. The van der Waals surface area contributed by atoms with Gasteiger partial charge in [-0.25, -0.2) is 0 Å². The van der Waals surface area contributed by atoms with Gasteiger partial charge in [-0.05, 0) is 19.1 Å². The Balaban J connectivity index is 3.38. The van der Waals surface area contributed by atoms with E-state index in [1.165, 1.54) is 12.8 Å². The molecule has 0 aromatic heterocycles. The van der Waals surface area contributed by atoms with Crippen molar-refractivity contribution in [3.8, 4) is 0 Å². The Hall–Kier alpha value is -0.180. The fourth-order valence-electron chi connectivity index (χ4n) is 0.817. The molecule has 1 radical (unpaired) electrons. The van der Waals surface area contributed by atoms with Crippen LogP contribution in [0.3, 0.4) is 0 Å². The highest BCUT2D eigenvalue weighted by molar-refractivity contribution is 7.99. The molecule has 0 rings (SSSR count). The first-order valence-electron chi connectivity index (χ1n) is 4.76. The average molecular weight is 203 g/mol. The molecule has 77 valence electrons. The second-order valence-electron chi connectivity index (χ2n) is 3.00. The molecule has 0 fully saturated rings. The Morgan fingerprint density at radius 1 is 1.62 bits per heavy atom. The molecule has 0 aliphatic rings. The maximum atomic E-state index is 11.1. The van der Waals surface area contributed by atoms with Gasteiger partial charge in [0.15, 0.2) is 0 Å². The predicted octanol–water partition coefficient (Wildman–Crippen LogP) is 2.53. The van der Waals surface area contributed by atoms with Crippen molar-refractivity contribution >= 4 is 17.7 Å². The van der Waals surface area contributed by atoms with Gasteiger partial charge in [-0.1, -0.05) is 20.3 Å². The molecule has 0 saturated heterocycles. The van der Waals surface area contributed by atoms with Crippen LogP contribution in [0.25, 0.3) is 0 Å². The number of carbonyl (C=O) groups is 1. The molecule has 0 bridgehead atoms. The van der Waals surface area contributed by atoms with E-state index < -0.39 is 0 Å². The van der Waals surface area contributed by atoms with Crippen LogP contribution >= 0.6 is 11.8 Å². The number of thioether (sulfide) groups is 1. The summed E-state index contributed by atoms with van der Waals surface area (Å²) in [7, 11) is 0. The van der Waals surface area contributed by atoms with Crippen LogP contribution in [-0.4, -0.2) is 24.1 Å². The zero-order valence-corrected chi connectivity index (χ0v) is 9.36. The van der Waals surface area contributed by atoms with Crippen molar-refractivity contribution in [3.05, 3.63) is 6.92 Å². The van der Waals surface area contributed by atoms with Gasteiger partial charge < -0.3 is 4.74 Å². The van der Waals surface area contributed by atoms with Crippen molar-refractivity contribution in [2.24, 2.45) is 5.92 Å². The molecule has 13 heavy (non-hydrogen) atoms. The third-order valence-corrected chi connectivity index (χ3v) is 2.97. The maximum Gasteiger partial charge on any atom is 0.309 e. The summed E-state index contributed by atoms with van der Waals surface area (Å²) >= 11 is 1.82. The molecule has 0 aliphatic carbocycles. The summed E-state index contributed by atoms with van der Waals surface area (Å²) in [6, 6.07) is 0. The lowest BCUT2D eigenvalue weighted by atomic mass is 10.2. The second kappa shape index (κ2) is 8.42. The molecule has 0 aliphatic heterocycles. The predicted molar refractivity (Wildman–Crippen MR) is 57.7 cm³/mol. The normalized spacial score (nSPS) is 12.5. The van der Waals surface area contributed by atoms with Gasteiger partial charge in [0.2, 0.25) is 0 Å². The molecule has 0 aromatic carbocycles. The van der Waals surface area contributed by atoms with Gasteiger partial charge in [-0.3, -0.25) is 4.79 Å². The highest BCUT2D eigenvalue weighted by Gasteiger charge is 2.12. The highest BCUT2D eigenvalue weighted by atomic mass is 32.2. The van der Waals surface area contributed by atoms with Crippen LogP contribution in [0.4, 0.5) is 0 Å². The van der Waals surface area contributed by atoms with Crippen LogP contribution < -0.4 is 0 Å². The molecular formula is C10H19O2S. The summed E-state index contributed by atoms with van der Waals surface area (Å²) in [5.41, 5.74) is 0. The van der Waals surface area contributed by atoms with Crippen LogP contribution in [-0.2, 0) is 9.53 Å². The quantitative estimate of drug-likeness (QED) is 0.470. The SMILES string of the molecule is [CH2]COC(=O)C(C)CSCCCC. The minimum atomic E-state index is -0.126. The van der Waals surface area contributed by atoms with E-state index in [2.05, 4.69) is 13.8 Å². The highest BCUT2D eigenvalue weighted by Crippen LogP contribution is 2.11. The van der Waals surface area contributed by atoms with E-state index in [4.69, 9.17) is 4.74 Å². The van der Waals surface area contributed by atoms with Crippen molar-refractivity contribution in [3.63, 3.8) is 0 Å². The molecule has 0 spiro atoms. The van der Waals surface area contributed by atoms with Gasteiger partial charge in [0.1, 0.15) is 0 Å². The van der Waals surface area contributed by atoms with Gasteiger partial charge in [0.25, 0.3) is 0 Å². The summed E-state index contributed by atoms with van der Waals surface area (Å²) in [5.74, 6) is 1.87. The molecule has 0 aromatic rings. The van der Waals surface area contributed by atoms with Gasteiger partial charge in [-0.15, -0.1) is 0 Å². The van der Waals surface area contributed by atoms with Crippen molar-refractivity contribution in [1.29, 1.82) is 0 Å². The molecule has 0 N–H and O–H groups in total. The van der Waals surface area contributed by atoms with E-state index in [9.17, 15) is 4.79 Å². The van der Waals surface area contributed by atoms with Crippen molar-refractivity contribution in [2.75, 3.05) is 18.1 Å². The number of hydrogen-bond donors (Lipinski definition) is 0. The molecule has 0 saturated carbocycles. The van der Waals surface area contributed by atoms with Crippen LogP contribution in [0, 0.1) is 12.8 Å². The van der Waals surface area contributed by atoms with E-state index in [1.807, 2.05) is 18.7 Å². The van der Waals surface area contributed by atoms with Crippen LogP contribution in [0.15, 0.2) is 0 Å². The lowest BCUT2D eigenvalue weighted by Crippen LogP contribution is -2.16. The molecule has 0 heterocycles. The monoisotopic (exact) mass is 203 g/mol. The van der Waals surface area contributed by atoms with Gasteiger partial charge in [0, 0.05) is 5.75 Å². The van der Waals surface area contributed by atoms with Gasteiger partial charge in [-0.2, -0.15) is 11.8 Å². The lowest BCUT2D eigenvalue weighted by Gasteiger charge is -2.09. The fraction of sp³-hybridized carbons (Fsp3) is 0.800. The van der Waals surface area contributed by atoms with E-state index >= 15 is 0 Å². The largest absolute Gasteiger partial charge is 0.465 e.